The first-order valence-electron chi connectivity index (χ1n) is 17.8. The molecule has 0 N–H and O–H groups in total. The van der Waals surface area contributed by atoms with Gasteiger partial charge in [-0.15, -0.1) is 0 Å². The van der Waals surface area contributed by atoms with Crippen LogP contribution in [0.1, 0.15) is 0 Å². The van der Waals surface area contributed by atoms with Gasteiger partial charge >= 0.3 is 0 Å². The molecule has 7 aromatic carbocycles. The molecule has 0 aliphatic carbocycles. The number of benzene rings is 7. The van der Waals surface area contributed by atoms with Crippen LogP contribution in [-0.4, -0.2) is 18.0 Å². The van der Waals surface area contributed by atoms with E-state index in [1.165, 1.54) is 38.2 Å². The zero-order chi connectivity index (χ0) is 34.8. The summed E-state index contributed by atoms with van der Waals surface area (Å²) in [5.41, 5.74) is 14.1. The van der Waals surface area contributed by atoms with Crippen molar-refractivity contribution in [3.8, 4) is 67.3 Å². The van der Waals surface area contributed by atoms with Gasteiger partial charge in [-0.05, 0) is 73.6 Å². The molecular weight excluding hydrogens is 649 g/mol. The van der Waals surface area contributed by atoms with Crippen LogP contribution < -0.4 is 10.4 Å². The maximum atomic E-state index is 6.60. The number of fused-ring (bicyclic) bond motifs is 6. The predicted molar refractivity (Wildman–Crippen MR) is 219 cm³/mol. The van der Waals surface area contributed by atoms with E-state index in [-0.39, 0.29) is 0 Å². The Labute approximate surface area is 303 Å². The number of hydrogen-bond donors (Lipinski definition) is 0. The van der Waals surface area contributed by atoms with Gasteiger partial charge in [-0.2, -0.15) is 0 Å². The van der Waals surface area contributed by atoms with E-state index in [2.05, 4.69) is 171 Å². The van der Waals surface area contributed by atoms with E-state index >= 15 is 0 Å². The molecule has 52 heavy (non-hydrogen) atoms. The molecule has 1 aliphatic rings. The Morgan fingerprint density at radius 2 is 0.923 bits per heavy atom. The van der Waals surface area contributed by atoms with Crippen LogP contribution in [0.25, 0.3) is 89.2 Å². The second-order valence-electron chi connectivity index (χ2n) is 14.2. The van der Waals surface area contributed by atoms with Crippen molar-refractivity contribution in [2.45, 2.75) is 13.1 Å². The minimum atomic E-state index is -2.15. The summed E-state index contributed by atoms with van der Waals surface area (Å²) in [6, 6.07) is 60.3. The molecule has 1 aliphatic heterocycles. The lowest BCUT2D eigenvalue weighted by Gasteiger charge is -2.21. The predicted octanol–water partition coefficient (Wildman–Crippen LogP) is 11.5. The first kappa shape index (κ1) is 30.5. The molecule has 10 rings (SSSR count). The van der Waals surface area contributed by atoms with Gasteiger partial charge in [0.25, 0.3) is 0 Å². The van der Waals surface area contributed by atoms with Crippen molar-refractivity contribution in [3.63, 3.8) is 0 Å². The van der Waals surface area contributed by atoms with Crippen molar-refractivity contribution in [3.05, 3.63) is 170 Å². The Morgan fingerprint density at radius 3 is 1.69 bits per heavy atom. The number of para-hydroxylation sites is 2. The smallest absolute Gasteiger partial charge is 0.160 e. The molecular formula is C48H34N2OSi. The van der Waals surface area contributed by atoms with Crippen LogP contribution in [0.15, 0.2) is 174 Å². The zero-order valence-electron chi connectivity index (χ0n) is 29.0. The third kappa shape index (κ3) is 4.87. The fourth-order valence-electron chi connectivity index (χ4n) is 8.08. The monoisotopic (exact) mass is 682 g/mol. The summed E-state index contributed by atoms with van der Waals surface area (Å²) in [5.74, 6) is 0.720. The lowest BCUT2D eigenvalue weighted by Crippen LogP contribution is -2.50. The highest BCUT2D eigenvalue weighted by Crippen LogP contribution is 2.39. The summed E-state index contributed by atoms with van der Waals surface area (Å²) in [4.78, 5) is 10.9. The summed E-state index contributed by atoms with van der Waals surface area (Å²) in [6.45, 7) is 4.84. The Hall–Kier alpha value is -6.36. The van der Waals surface area contributed by atoms with E-state index in [1.54, 1.807) is 0 Å². The number of aromatic nitrogens is 2. The number of furan rings is 1. The summed E-state index contributed by atoms with van der Waals surface area (Å²) < 4.78 is 6.60. The second-order valence-corrected chi connectivity index (χ2v) is 18.5. The van der Waals surface area contributed by atoms with Crippen LogP contribution in [0.4, 0.5) is 0 Å². The van der Waals surface area contributed by atoms with E-state index < -0.39 is 8.07 Å². The average molecular weight is 683 g/mol. The molecule has 9 aromatic rings. The molecule has 2 aromatic heterocycles. The molecule has 4 heteroatoms. The normalized spacial score (nSPS) is 13.0. The molecule has 0 saturated heterocycles. The van der Waals surface area contributed by atoms with Gasteiger partial charge in [0, 0.05) is 21.9 Å². The topological polar surface area (TPSA) is 38.9 Å². The number of hydrogen-bond acceptors (Lipinski definition) is 3. The van der Waals surface area contributed by atoms with Crippen molar-refractivity contribution in [2.24, 2.45) is 0 Å². The van der Waals surface area contributed by atoms with Crippen molar-refractivity contribution in [2.75, 3.05) is 0 Å². The number of nitrogens with zero attached hydrogens (tertiary/aromatic N) is 2. The van der Waals surface area contributed by atoms with Gasteiger partial charge in [-0.25, -0.2) is 9.97 Å². The van der Waals surface area contributed by atoms with Crippen molar-refractivity contribution < 1.29 is 4.42 Å². The van der Waals surface area contributed by atoms with Gasteiger partial charge in [0.15, 0.2) is 5.82 Å². The molecule has 3 nitrogen and oxygen atoms in total. The third-order valence-electron chi connectivity index (χ3n) is 10.7. The Bertz CT molecular complexity index is 2820. The van der Waals surface area contributed by atoms with Gasteiger partial charge in [0.1, 0.15) is 19.2 Å². The largest absolute Gasteiger partial charge is 0.455 e. The van der Waals surface area contributed by atoms with Crippen LogP contribution in [0, 0.1) is 0 Å². The summed E-state index contributed by atoms with van der Waals surface area (Å²) in [7, 11) is -2.15. The minimum absolute atomic E-state index is 0.720. The SMILES string of the molecule is C[Si]1(C)c2ccccc2-c2nc(-c3cccc(-c4cccc(-c5ccc(-c6ccccc6)cc5)c4)c3)nc(-c3cccc4c3oc3ccccc34)c21. The van der Waals surface area contributed by atoms with Crippen LogP contribution in [0.2, 0.25) is 13.1 Å². The molecule has 0 fully saturated rings. The average Bonchev–Trinajstić information content (AvgIpc) is 3.70. The van der Waals surface area contributed by atoms with Crippen LogP contribution >= 0.6 is 0 Å². The van der Waals surface area contributed by atoms with Crippen LogP contribution in [0.3, 0.4) is 0 Å². The highest BCUT2D eigenvalue weighted by atomic mass is 28.3. The van der Waals surface area contributed by atoms with Gasteiger partial charge in [-0.3, -0.25) is 0 Å². The molecule has 0 radical (unpaired) electrons. The molecule has 0 bridgehead atoms. The van der Waals surface area contributed by atoms with E-state index in [1.807, 2.05) is 12.1 Å². The van der Waals surface area contributed by atoms with Gasteiger partial charge < -0.3 is 4.42 Å². The molecule has 0 unspecified atom stereocenters. The summed E-state index contributed by atoms with van der Waals surface area (Å²) in [6.07, 6.45) is 0. The lowest BCUT2D eigenvalue weighted by atomic mass is 9.96. The zero-order valence-corrected chi connectivity index (χ0v) is 30.0. The van der Waals surface area contributed by atoms with Crippen LogP contribution in [-0.2, 0) is 0 Å². The molecule has 0 atom stereocenters. The van der Waals surface area contributed by atoms with Gasteiger partial charge in [-0.1, -0.05) is 159 Å². The molecule has 3 heterocycles. The van der Waals surface area contributed by atoms with E-state index in [4.69, 9.17) is 14.4 Å². The quantitative estimate of drug-likeness (QED) is 0.170. The van der Waals surface area contributed by atoms with Gasteiger partial charge in [0.2, 0.25) is 0 Å². The van der Waals surface area contributed by atoms with E-state index in [9.17, 15) is 0 Å². The summed E-state index contributed by atoms with van der Waals surface area (Å²) in [5, 5.41) is 4.89. The maximum Gasteiger partial charge on any atom is 0.160 e. The minimum Gasteiger partial charge on any atom is -0.455 e. The lowest BCUT2D eigenvalue weighted by molar-refractivity contribution is 0.670. The fourth-order valence-corrected chi connectivity index (χ4v) is 11.3. The summed E-state index contributed by atoms with van der Waals surface area (Å²) >= 11 is 0. The van der Waals surface area contributed by atoms with Gasteiger partial charge in [0.05, 0.1) is 11.4 Å². The molecule has 0 amide bonds. The Balaban J connectivity index is 1.11. The highest BCUT2D eigenvalue weighted by Gasteiger charge is 2.42. The fraction of sp³-hybridized carbons (Fsp3) is 0.0417. The van der Waals surface area contributed by atoms with Crippen molar-refractivity contribution in [1.82, 2.24) is 9.97 Å². The third-order valence-corrected chi connectivity index (χ3v) is 14.2. The van der Waals surface area contributed by atoms with Crippen LogP contribution in [0.5, 0.6) is 0 Å². The van der Waals surface area contributed by atoms with E-state index in [0.717, 1.165) is 61.4 Å². The standard InChI is InChI=1S/C48H34N2OSi/c1-52(2)43-24-9-7-20-40(43)44-47(52)45(41-22-12-21-39-38-19-6-8-23-42(38)51-46(39)41)50-48(49-44)37-18-11-17-36(30-37)35-16-10-15-34(29-35)33-27-25-32(26-28-33)31-13-4-3-5-14-31/h3-30H,1-2H3. The molecule has 0 spiro atoms. The van der Waals surface area contributed by atoms with E-state index in [0.29, 0.717) is 0 Å². The van der Waals surface area contributed by atoms with Crippen molar-refractivity contribution in [1.29, 1.82) is 0 Å². The van der Waals surface area contributed by atoms with Crippen molar-refractivity contribution >= 4 is 40.4 Å². The Morgan fingerprint density at radius 1 is 0.423 bits per heavy atom. The second kappa shape index (κ2) is 11.9. The molecule has 246 valence electrons. The maximum absolute atomic E-state index is 6.60. The Kier molecular flexibility index (Phi) is 6.95. The first-order chi connectivity index (χ1) is 25.5. The highest BCUT2D eigenvalue weighted by molar-refractivity contribution is 7.04. The number of rotatable bonds is 5. The first-order valence-corrected chi connectivity index (χ1v) is 20.8. The molecule has 0 saturated carbocycles.